The normalized spacial score (nSPS) is 16.5. The zero-order valence-corrected chi connectivity index (χ0v) is 56.2. The summed E-state index contributed by atoms with van der Waals surface area (Å²) >= 11 is 9.88. The number of allylic oxidation sites excluding steroid dienone is 8. The molecule has 7 heterocycles. The number of aromatic nitrogens is 2. The van der Waals surface area contributed by atoms with Crippen molar-refractivity contribution in [2.24, 2.45) is 0 Å². The zero-order valence-electron chi connectivity index (χ0n) is 46.7. The average molecular weight is 1390 g/mol. The summed E-state index contributed by atoms with van der Waals surface area (Å²) in [5, 5.41) is 10.9. The van der Waals surface area contributed by atoms with Crippen LogP contribution in [-0.2, 0) is 17.9 Å². The fraction of sp³-hybridized carbons (Fsp3) is 0.250. The van der Waals surface area contributed by atoms with E-state index in [-0.39, 0.29) is 11.1 Å². The van der Waals surface area contributed by atoms with Crippen LogP contribution in [0.2, 0.25) is 24.2 Å². The number of hydrogen-bond donors (Lipinski definition) is 0. The van der Waals surface area contributed by atoms with Gasteiger partial charge in [0.25, 0.3) is 0 Å². The molecule has 0 amide bonds. The summed E-state index contributed by atoms with van der Waals surface area (Å²) in [6.07, 6.45) is 21.5. The molecule has 13 heteroatoms. The van der Waals surface area contributed by atoms with Crippen molar-refractivity contribution < 1.29 is 26.7 Å². The first-order valence-electron chi connectivity index (χ1n) is 28.7. The molecule has 411 valence electrons. The van der Waals surface area contributed by atoms with Gasteiger partial charge in [-0.15, -0.1) is 22.7 Å². The van der Waals surface area contributed by atoms with Crippen LogP contribution in [0.15, 0.2) is 162 Å². The van der Waals surface area contributed by atoms with Crippen molar-refractivity contribution in [1.29, 1.82) is 0 Å². The van der Waals surface area contributed by atoms with Crippen LogP contribution in [0.1, 0.15) is 96.2 Å². The maximum atomic E-state index is 17.7. The second-order valence-electron chi connectivity index (χ2n) is 21.7. The molecule has 81 heavy (non-hydrogen) atoms. The predicted octanol–water partition coefficient (Wildman–Crippen LogP) is 18.1. The minimum absolute atomic E-state index is 0.257. The van der Waals surface area contributed by atoms with Gasteiger partial charge in [-0.3, -0.25) is 0 Å². The van der Waals surface area contributed by atoms with Gasteiger partial charge in [-0.25, -0.2) is 8.78 Å². The molecule has 9 aromatic rings. The van der Waals surface area contributed by atoms with E-state index in [0.717, 1.165) is 90.6 Å². The third-order valence-corrected chi connectivity index (χ3v) is 39.7. The van der Waals surface area contributed by atoms with Crippen molar-refractivity contribution in [3.63, 3.8) is 0 Å². The summed E-state index contributed by atoms with van der Waals surface area (Å²) in [6, 6.07) is 47.4. The van der Waals surface area contributed by atoms with Gasteiger partial charge in [0.2, 0.25) is 0 Å². The van der Waals surface area contributed by atoms with E-state index in [9.17, 15) is 0 Å². The number of fused-ring (bicyclic) bond motifs is 7. The summed E-state index contributed by atoms with van der Waals surface area (Å²) in [7, 11) is -7.00. The molecule has 0 radical (unpaired) electrons. The van der Waals surface area contributed by atoms with Gasteiger partial charge in [-0.1, -0.05) is 32.8 Å². The first-order valence-corrected chi connectivity index (χ1v) is 40.6. The molecule has 12 rings (SSSR count). The quantitative estimate of drug-likeness (QED) is 0.0486. The molecule has 1 fully saturated rings. The van der Waals surface area contributed by atoms with Crippen LogP contribution in [0.4, 0.5) is 8.78 Å². The summed E-state index contributed by atoms with van der Waals surface area (Å²) in [4.78, 5) is 9.12. The van der Waals surface area contributed by atoms with E-state index in [4.69, 9.17) is 8.75 Å². The molecule has 4 aromatic carbocycles. The molecule has 1 aliphatic carbocycles. The molecular weight excluding hydrogens is 1320 g/mol. The van der Waals surface area contributed by atoms with Crippen LogP contribution in [0.25, 0.3) is 63.6 Å². The van der Waals surface area contributed by atoms with E-state index >= 15 is 8.78 Å². The van der Waals surface area contributed by atoms with Crippen molar-refractivity contribution in [2.45, 2.75) is 111 Å². The molecule has 0 unspecified atom stereocenters. The van der Waals surface area contributed by atoms with E-state index in [2.05, 4.69) is 198 Å². The van der Waals surface area contributed by atoms with Gasteiger partial charge >= 0.3 is 326 Å². The van der Waals surface area contributed by atoms with Crippen LogP contribution in [-0.4, -0.2) is 24.9 Å². The standard InChI is InChI=1S/C68H65F2N2PS5Si2.Os/c1-8-24-51-40-55-65(74-51)67-57(79(55,35-9-2)36-10-3)42-53(76-67)59-61(69)62(70)60(64-63(59)71-78-72-64)54-43-58-68(77-54)66-56(80(58,37-11-4)38-12-5)41-52(75-66)34-33-46(39-47-26-23-25-45(47)13-6)44(7)73(48-27-17-14-18-28-48,49-29-19-15-20-30-49)50-31-21-16-22-32-50;/h8,13-22,24,27-34,39-43H,9-12,23,25-26,35-38H2,1-6H3;/q+1;/b24-8+,34-33+,45-13?,46-44?,47-39?;. The van der Waals surface area contributed by atoms with Crippen LogP contribution in [0.3, 0.4) is 0 Å². The van der Waals surface area contributed by atoms with E-state index in [0.29, 0.717) is 11.0 Å². The zero-order chi connectivity index (χ0) is 56.0. The van der Waals surface area contributed by atoms with Crippen LogP contribution < -0.4 is 36.7 Å². The topological polar surface area (TPSA) is 25.8 Å². The van der Waals surface area contributed by atoms with Crippen molar-refractivity contribution in [1.82, 2.24) is 8.75 Å². The summed E-state index contributed by atoms with van der Waals surface area (Å²) in [6.45, 7) is 13.5. The monoisotopic (exact) mass is 1390 g/mol. The average Bonchev–Trinajstić information content (AvgIpc) is 4.50. The fourth-order valence-electron chi connectivity index (χ4n) is 13.9. The van der Waals surface area contributed by atoms with Gasteiger partial charge in [-0.2, -0.15) is 8.75 Å². The Bertz CT molecular complexity index is 3950. The Morgan fingerprint density at radius 1 is 0.580 bits per heavy atom. The second kappa shape index (κ2) is 23.8. The number of thiophene rings is 4. The summed E-state index contributed by atoms with van der Waals surface area (Å²) in [5.74, 6) is -1.63. The Kier molecular flexibility index (Phi) is 16.7. The number of benzene rings is 4. The fourth-order valence-corrected chi connectivity index (χ4v) is 39.2. The van der Waals surface area contributed by atoms with Crippen LogP contribution >= 0.6 is 64.3 Å². The Morgan fingerprint density at radius 2 is 1.00 bits per heavy atom. The van der Waals surface area contributed by atoms with Crippen molar-refractivity contribution in [2.75, 3.05) is 0 Å². The van der Waals surface area contributed by atoms with Crippen LogP contribution in [0.5, 0.6) is 0 Å². The number of nitrogens with zero attached hydrogens (tertiary/aromatic N) is 2. The van der Waals surface area contributed by atoms with E-state index in [1.54, 1.807) is 22.7 Å². The molecule has 0 atom stereocenters. The molecule has 2 aliphatic heterocycles. The summed E-state index contributed by atoms with van der Waals surface area (Å²) < 4.78 is 48.8. The molecule has 2 nitrogen and oxygen atoms in total. The van der Waals surface area contributed by atoms with E-state index in [1.165, 1.54) is 88.0 Å². The Morgan fingerprint density at radius 3 is 1.42 bits per heavy atom. The van der Waals surface area contributed by atoms with Crippen molar-refractivity contribution in [3.05, 3.63) is 183 Å². The second-order valence-corrected chi connectivity index (χ2v) is 39.0. The molecule has 1 saturated carbocycles. The first kappa shape index (κ1) is 56.8. The molecule has 3 aliphatic rings. The van der Waals surface area contributed by atoms with Crippen molar-refractivity contribution >= 4 is 140 Å². The third kappa shape index (κ3) is 9.43. The van der Waals surface area contributed by atoms with Crippen LogP contribution in [0, 0.1) is 16.0 Å². The molecule has 0 spiro atoms. The van der Waals surface area contributed by atoms with Crippen molar-refractivity contribution in [3.8, 4) is 44.8 Å². The van der Waals surface area contributed by atoms with Gasteiger partial charge in [0, 0.05) is 19.5 Å². The van der Waals surface area contributed by atoms with Gasteiger partial charge in [0.05, 0.1) is 17.3 Å². The van der Waals surface area contributed by atoms with E-state index < -0.39 is 35.0 Å². The van der Waals surface area contributed by atoms with Gasteiger partial charge < -0.3 is 0 Å². The number of halogens is 2. The SMILES string of the molecule is CC=C1CCCC1=CC(/C=C/c1cc2c(s1)-c1sc(-c3c(F)c(F)c(-c4cc5c(s4)-c4sc(/C=C/C)cc4[Si]5(CCC)CCC)c4nsnc34)cc1[Si]2(CCC)CCC)=C([C]#[Os])[P+](c1ccccc1)(c1ccccc1)c1ccccc1. The number of rotatable bonds is 18. The predicted molar refractivity (Wildman–Crippen MR) is 357 cm³/mol. The number of hydrogen-bond acceptors (Lipinski definition) is 7. The first-order chi connectivity index (χ1) is 39.6. The van der Waals surface area contributed by atoms with Gasteiger partial charge in [0.1, 0.15) is 19.1 Å². The molecule has 0 bridgehead atoms. The van der Waals surface area contributed by atoms with Gasteiger partial charge in [0.15, 0.2) is 11.6 Å². The summed E-state index contributed by atoms with van der Waals surface area (Å²) in [5.41, 5.74) is 5.48. The Balaban J connectivity index is 1.00. The molecule has 0 saturated heterocycles. The molecule has 5 aromatic heterocycles. The Hall–Kier alpha value is -4.66. The molecule has 0 N–H and O–H groups in total. The molecular formula is C68H65F2N2OsPS5Si2+. The maximum absolute atomic E-state index is 17.7. The Labute approximate surface area is 509 Å². The van der Waals surface area contributed by atoms with Gasteiger partial charge in [-0.05, 0) is 47.6 Å². The minimum atomic E-state index is -2.49. The third-order valence-electron chi connectivity index (χ3n) is 17.1. The van der Waals surface area contributed by atoms with E-state index in [1.807, 2.05) is 40.6 Å².